The molecule has 102 valence electrons. The summed E-state index contributed by atoms with van der Waals surface area (Å²) in [4.78, 5) is 14.8. The van der Waals surface area contributed by atoms with E-state index >= 15 is 0 Å². The molecule has 1 aliphatic rings. The zero-order valence-corrected chi connectivity index (χ0v) is 11.2. The third kappa shape index (κ3) is 2.76. The molecule has 0 aliphatic carbocycles. The number of phenols is 1. The molecule has 1 aromatic rings. The van der Waals surface area contributed by atoms with E-state index in [4.69, 9.17) is 14.6 Å². The normalized spacial score (nSPS) is 21.9. The maximum atomic E-state index is 10.6. The van der Waals surface area contributed by atoms with Gasteiger partial charge in [-0.2, -0.15) is 0 Å². The molecule has 1 atom stereocenters. The Hall–Kier alpha value is -1.89. The Morgan fingerprint density at radius 1 is 1.53 bits per heavy atom. The van der Waals surface area contributed by atoms with E-state index in [1.165, 1.54) is 18.9 Å². The van der Waals surface area contributed by atoms with E-state index in [0.29, 0.717) is 22.1 Å². The number of para-hydroxylation sites is 1. The number of benzene rings is 1. The number of hydrogen-bond acceptors (Lipinski definition) is 6. The van der Waals surface area contributed by atoms with E-state index in [-0.39, 0.29) is 5.75 Å². The van der Waals surface area contributed by atoms with Gasteiger partial charge in [0.15, 0.2) is 11.5 Å². The van der Waals surface area contributed by atoms with Crippen LogP contribution in [0.3, 0.4) is 0 Å². The van der Waals surface area contributed by atoms with Gasteiger partial charge in [-0.25, -0.2) is 9.79 Å². The van der Waals surface area contributed by atoms with E-state index in [0.717, 1.165) is 0 Å². The number of thioether (sulfide) groups is 1. The van der Waals surface area contributed by atoms with E-state index in [9.17, 15) is 9.90 Å². The molecule has 2 N–H and O–H groups in total. The summed E-state index contributed by atoms with van der Waals surface area (Å²) in [6, 6.07) is 5.05. The Kier molecular flexibility index (Phi) is 3.57. The van der Waals surface area contributed by atoms with Gasteiger partial charge >= 0.3 is 6.16 Å². The maximum Gasteiger partial charge on any atom is 0.507 e. The van der Waals surface area contributed by atoms with Gasteiger partial charge in [-0.15, -0.1) is 0 Å². The lowest BCUT2D eigenvalue weighted by molar-refractivity contribution is 0.0136. The number of aliphatic imine (C=N–C) groups is 1. The second-order valence-corrected chi connectivity index (χ2v) is 5.07. The predicted molar refractivity (Wildman–Crippen MR) is 71.2 cm³/mol. The number of aromatic hydroxyl groups is 1. The van der Waals surface area contributed by atoms with E-state index < -0.39 is 11.9 Å². The summed E-state index contributed by atoms with van der Waals surface area (Å²) in [5.41, 5.74) is -0.622. The lowest BCUT2D eigenvalue weighted by Crippen LogP contribution is -2.29. The van der Waals surface area contributed by atoms with Gasteiger partial charge in [0, 0.05) is 0 Å². The molecular weight excluding hydrogens is 270 g/mol. The van der Waals surface area contributed by atoms with Gasteiger partial charge in [-0.05, 0) is 19.1 Å². The number of hydrogen-bond donors (Lipinski definition) is 2. The van der Waals surface area contributed by atoms with Crippen LogP contribution in [0.15, 0.2) is 23.2 Å². The maximum absolute atomic E-state index is 10.6. The molecule has 0 spiro atoms. The van der Waals surface area contributed by atoms with Crippen LogP contribution in [0.25, 0.3) is 0 Å². The lowest BCUT2D eigenvalue weighted by atomic mass is 10.2. The summed E-state index contributed by atoms with van der Waals surface area (Å²) in [5, 5.41) is 19.2. The fourth-order valence-electron chi connectivity index (χ4n) is 1.72. The Balaban J connectivity index is 2.34. The SMILES string of the molecule is COc1cccc(C2=N[C@@](C)(OC(=O)O)CS2)c1O. The first kappa shape index (κ1) is 13.5. The standard InChI is InChI=1S/C12H13NO5S/c1-12(18-11(15)16)6-19-10(13-12)7-4-3-5-8(17-2)9(7)14/h3-5,14H,6H2,1-2H3,(H,15,16)/t12-/m0/s1. The lowest BCUT2D eigenvalue weighted by Gasteiger charge is -2.17. The molecule has 0 saturated carbocycles. The summed E-state index contributed by atoms with van der Waals surface area (Å²) < 4.78 is 9.76. The zero-order valence-electron chi connectivity index (χ0n) is 10.4. The van der Waals surface area contributed by atoms with Crippen molar-refractivity contribution >= 4 is 23.0 Å². The molecule has 1 aromatic carbocycles. The topological polar surface area (TPSA) is 88.4 Å². The fourth-order valence-corrected chi connectivity index (χ4v) is 2.83. The van der Waals surface area contributed by atoms with E-state index in [1.807, 2.05) is 0 Å². The molecule has 0 aromatic heterocycles. The zero-order chi connectivity index (χ0) is 14.0. The molecule has 1 heterocycles. The van der Waals surface area contributed by atoms with Gasteiger partial charge in [0.2, 0.25) is 5.72 Å². The molecule has 0 bridgehead atoms. The molecule has 1 aliphatic heterocycles. The predicted octanol–water partition coefficient (Wildman–Crippen LogP) is 2.31. The monoisotopic (exact) mass is 283 g/mol. The molecule has 0 unspecified atom stereocenters. The van der Waals surface area contributed by atoms with Gasteiger partial charge in [0.1, 0.15) is 5.04 Å². The third-order valence-corrected chi connectivity index (χ3v) is 3.84. The summed E-state index contributed by atoms with van der Waals surface area (Å²) in [7, 11) is 1.46. The van der Waals surface area contributed by atoms with Crippen molar-refractivity contribution in [1.82, 2.24) is 0 Å². The number of phenolic OH excluding ortho intramolecular Hbond substituents is 1. The van der Waals surface area contributed by atoms with Crippen molar-refractivity contribution in [3.63, 3.8) is 0 Å². The minimum atomic E-state index is -1.37. The van der Waals surface area contributed by atoms with Crippen molar-refractivity contribution < 1.29 is 24.5 Å². The van der Waals surface area contributed by atoms with Gasteiger partial charge in [0.25, 0.3) is 0 Å². The molecule has 6 nitrogen and oxygen atoms in total. The van der Waals surface area contributed by atoms with E-state index in [1.54, 1.807) is 25.1 Å². The summed E-state index contributed by atoms with van der Waals surface area (Å²) in [5.74, 6) is 0.690. The Labute approximate surface area is 114 Å². The fraction of sp³-hybridized carbons (Fsp3) is 0.333. The van der Waals surface area contributed by atoms with Crippen LogP contribution in [0.5, 0.6) is 11.5 Å². The van der Waals surface area contributed by atoms with Crippen molar-refractivity contribution in [2.24, 2.45) is 4.99 Å². The van der Waals surface area contributed by atoms with Crippen molar-refractivity contribution in [3.8, 4) is 11.5 Å². The van der Waals surface area contributed by atoms with Gasteiger partial charge < -0.3 is 19.7 Å². The highest BCUT2D eigenvalue weighted by Gasteiger charge is 2.36. The molecule has 0 fully saturated rings. The van der Waals surface area contributed by atoms with Crippen molar-refractivity contribution in [3.05, 3.63) is 23.8 Å². The Morgan fingerprint density at radius 2 is 2.26 bits per heavy atom. The first-order valence-electron chi connectivity index (χ1n) is 5.46. The van der Waals surface area contributed by atoms with Gasteiger partial charge in [-0.1, -0.05) is 17.8 Å². The second kappa shape index (κ2) is 5.00. The van der Waals surface area contributed by atoms with Crippen LogP contribution in [0.4, 0.5) is 4.79 Å². The average Bonchev–Trinajstić information content (AvgIpc) is 2.70. The van der Waals surface area contributed by atoms with Crippen LogP contribution in [0, 0.1) is 0 Å². The van der Waals surface area contributed by atoms with Crippen LogP contribution in [-0.4, -0.2) is 40.0 Å². The molecule has 2 rings (SSSR count). The van der Waals surface area contributed by atoms with Crippen LogP contribution >= 0.6 is 11.8 Å². The summed E-state index contributed by atoms with van der Waals surface area (Å²) in [6.45, 7) is 1.58. The highest BCUT2D eigenvalue weighted by atomic mass is 32.2. The van der Waals surface area contributed by atoms with Gasteiger partial charge in [0.05, 0.1) is 18.4 Å². The number of nitrogens with zero attached hydrogens (tertiary/aromatic N) is 1. The molecule has 19 heavy (non-hydrogen) atoms. The van der Waals surface area contributed by atoms with Crippen LogP contribution in [0.1, 0.15) is 12.5 Å². The minimum Gasteiger partial charge on any atom is -0.504 e. The highest BCUT2D eigenvalue weighted by Crippen LogP contribution is 2.37. The molecule has 0 radical (unpaired) electrons. The summed E-state index contributed by atoms with van der Waals surface area (Å²) in [6.07, 6.45) is -1.37. The number of methoxy groups -OCH3 is 1. The molecular formula is C12H13NO5S. The highest BCUT2D eigenvalue weighted by molar-refractivity contribution is 8.14. The largest absolute Gasteiger partial charge is 0.507 e. The first-order valence-corrected chi connectivity index (χ1v) is 6.45. The molecule has 7 heteroatoms. The van der Waals surface area contributed by atoms with Crippen LogP contribution in [0.2, 0.25) is 0 Å². The van der Waals surface area contributed by atoms with E-state index in [2.05, 4.69) is 4.99 Å². The second-order valence-electron chi connectivity index (χ2n) is 4.11. The van der Waals surface area contributed by atoms with Crippen molar-refractivity contribution in [1.29, 1.82) is 0 Å². The number of carboxylic acid groups (broad SMARTS) is 1. The summed E-state index contributed by atoms with van der Waals surface area (Å²) >= 11 is 1.32. The third-order valence-electron chi connectivity index (χ3n) is 2.57. The number of ether oxygens (including phenoxy) is 2. The van der Waals surface area contributed by atoms with Crippen molar-refractivity contribution in [2.45, 2.75) is 12.6 Å². The number of carbonyl (C=O) groups is 1. The Morgan fingerprint density at radius 3 is 2.89 bits per heavy atom. The molecule has 0 amide bonds. The van der Waals surface area contributed by atoms with Crippen LogP contribution < -0.4 is 4.74 Å². The quantitative estimate of drug-likeness (QED) is 0.827. The van der Waals surface area contributed by atoms with Gasteiger partial charge in [-0.3, -0.25) is 0 Å². The minimum absolute atomic E-state index is 0.0178. The number of rotatable bonds is 3. The smallest absolute Gasteiger partial charge is 0.504 e. The molecule has 0 saturated heterocycles. The Bertz CT molecular complexity index is 545. The van der Waals surface area contributed by atoms with Crippen molar-refractivity contribution in [2.75, 3.05) is 12.9 Å². The average molecular weight is 283 g/mol. The van der Waals surface area contributed by atoms with Crippen LogP contribution in [-0.2, 0) is 4.74 Å². The first-order chi connectivity index (χ1) is 8.95.